The van der Waals surface area contributed by atoms with Crippen molar-refractivity contribution >= 4 is 48.9 Å². The highest BCUT2D eigenvalue weighted by Crippen LogP contribution is 2.71. The molecule has 13 rings (SSSR count). The molecular weight excluding hydrogens is 781 g/mol. The lowest BCUT2D eigenvalue weighted by Crippen LogP contribution is -2.39. The van der Waals surface area contributed by atoms with Crippen LogP contribution in [0.25, 0.3) is 49.7 Å². The molecule has 9 aromatic carbocycles. The van der Waals surface area contributed by atoms with E-state index in [4.69, 9.17) is 0 Å². The van der Waals surface area contributed by atoms with Crippen molar-refractivity contribution in [3.8, 4) is 27.9 Å². The van der Waals surface area contributed by atoms with E-state index >= 15 is 0 Å². The van der Waals surface area contributed by atoms with Crippen LogP contribution in [0.3, 0.4) is 0 Å². The van der Waals surface area contributed by atoms with Gasteiger partial charge in [-0.15, -0.1) is 0 Å². The van der Waals surface area contributed by atoms with Gasteiger partial charge in [-0.2, -0.15) is 10.0 Å². The van der Waals surface area contributed by atoms with Gasteiger partial charge in [0.25, 0.3) is 0 Å². The Bertz CT molecular complexity index is 3520. The van der Waals surface area contributed by atoms with Crippen LogP contribution in [0.15, 0.2) is 216 Å². The predicted octanol–water partition coefficient (Wildman–Crippen LogP) is 15.7. The van der Waals surface area contributed by atoms with E-state index in [1.165, 1.54) is 92.9 Å². The molecule has 3 aliphatic rings. The minimum atomic E-state index is -1.50. The number of aromatic nitrogens is 1. The first-order valence-corrected chi connectivity index (χ1v) is 24.5. The molecule has 0 amide bonds. The SMILES string of the molecule is CC1(C)c2ccccc2-c2ccc(N(c3ccccc3)c3ccc(-c4cccc5c4S(C)(C)c4ccccc4C54c5ccccc5-n5c6ccccc6c6cccc4c65)cc3)cc21. The fourth-order valence-corrected chi connectivity index (χ4v) is 14.9. The highest BCUT2D eigenvalue weighted by molar-refractivity contribution is 8.33. The van der Waals surface area contributed by atoms with E-state index in [-0.39, 0.29) is 5.41 Å². The lowest BCUT2D eigenvalue weighted by molar-refractivity contribution is 0.660. The zero-order valence-corrected chi connectivity index (χ0v) is 36.7. The van der Waals surface area contributed by atoms with Gasteiger partial charge >= 0.3 is 0 Å². The molecule has 302 valence electrons. The average molecular weight is 827 g/mol. The van der Waals surface area contributed by atoms with Gasteiger partial charge in [-0.05, 0) is 128 Å². The summed E-state index contributed by atoms with van der Waals surface area (Å²) in [5, 5.41) is 2.60. The lowest BCUT2D eigenvalue weighted by Gasteiger charge is -2.52. The molecule has 1 aromatic heterocycles. The summed E-state index contributed by atoms with van der Waals surface area (Å²) in [6, 6.07) is 77.9. The minimum Gasteiger partial charge on any atom is -0.310 e. The molecule has 0 radical (unpaired) electrons. The summed E-state index contributed by atoms with van der Waals surface area (Å²) >= 11 is 0. The zero-order valence-electron chi connectivity index (χ0n) is 35.9. The number of fused-ring (bicyclic) bond motifs is 14. The van der Waals surface area contributed by atoms with Crippen LogP contribution in [0.2, 0.25) is 0 Å². The summed E-state index contributed by atoms with van der Waals surface area (Å²) in [7, 11) is -1.50. The van der Waals surface area contributed by atoms with Gasteiger partial charge in [0, 0.05) is 38.1 Å². The standard InChI is InChI=1S/C60H46N2S/c1-59(2)48-24-10-8-20-44(48)45-37-36-42(38-53(45)59)61(40-18-6-5-7-19-40)41-34-32-39(33-35-41)43-22-16-28-52-58(43)63(3,4)56-31-15-12-26-50(56)60(52)49-25-11-14-30-55(49)62-54-29-13-9-21-46(54)47-23-17-27-51(60)57(47)62/h5-38H,1-4H3. The van der Waals surface area contributed by atoms with Crippen LogP contribution >= 0.6 is 10.0 Å². The number of para-hydroxylation sites is 4. The first kappa shape index (κ1) is 36.6. The molecule has 0 saturated heterocycles. The highest BCUT2D eigenvalue weighted by atomic mass is 32.3. The number of benzene rings is 9. The summed E-state index contributed by atoms with van der Waals surface area (Å²) in [6.45, 7) is 4.73. The van der Waals surface area contributed by atoms with Gasteiger partial charge in [0.2, 0.25) is 0 Å². The smallest absolute Gasteiger partial charge is 0.0763 e. The maximum Gasteiger partial charge on any atom is 0.0763 e. The molecule has 1 atom stereocenters. The monoisotopic (exact) mass is 826 g/mol. The minimum absolute atomic E-state index is 0.0907. The maximum atomic E-state index is 2.54. The summed E-state index contributed by atoms with van der Waals surface area (Å²) in [6.07, 6.45) is 5.04. The maximum absolute atomic E-state index is 2.54. The third kappa shape index (κ3) is 4.75. The molecule has 0 fully saturated rings. The Morgan fingerprint density at radius 3 is 1.86 bits per heavy atom. The van der Waals surface area contributed by atoms with Crippen molar-refractivity contribution < 1.29 is 0 Å². The third-order valence-electron chi connectivity index (χ3n) is 14.7. The van der Waals surface area contributed by atoms with Gasteiger partial charge in [-0.1, -0.05) is 166 Å². The van der Waals surface area contributed by atoms with Crippen molar-refractivity contribution in [2.45, 2.75) is 34.5 Å². The van der Waals surface area contributed by atoms with Crippen LogP contribution in [0.5, 0.6) is 0 Å². The second-order valence-electron chi connectivity index (χ2n) is 18.4. The van der Waals surface area contributed by atoms with E-state index in [9.17, 15) is 0 Å². The molecule has 0 saturated carbocycles. The summed E-state index contributed by atoms with van der Waals surface area (Å²) in [5.41, 5.74) is 20.1. The van der Waals surface area contributed by atoms with Crippen molar-refractivity contribution in [1.82, 2.24) is 4.57 Å². The Morgan fingerprint density at radius 2 is 1.02 bits per heavy atom. The quantitative estimate of drug-likeness (QED) is 0.172. The normalized spacial score (nSPS) is 17.4. The third-order valence-corrected chi connectivity index (χ3v) is 17.6. The molecule has 1 aliphatic carbocycles. The van der Waals surface area contributed by atoms with Gasteiger partial charge in [0.05, 0.1) is 22.1 Å². The summed E-state index contributed by atoms with van der Waals surface area (Å²) in [4.78, 5) is 5.34. The van der Waals surface area contributed by atoms with Crippen molar-refractivity contribution in [3.63, 3.8) is 0 Å². The molecule has 0 bridgehead atoms. The number of anilines is 3. The number of nitrogens with zero attached hydrogens (tertiary/aromatic N) is 2. The van der Waals surface area contributed by atoms with Crippen LogP contribution in [0, 0.1) is 0 Å². The first-order valence-electron chi connectivity index (χ1n) is 22.1. The average Bonchev–Trinajstić information content (AvgIpc) is 3.78. The Morgan fingerprint density at radius 1 is 0.429 bits per heavy atom. The Hall–Kier alpha value is -7.07. The van der Waals surface area contributed by atoms with Gasteiger partial charge in [-0.3, -0.25) is 0 Å². The predicted molar refractivity (Wildman–Crippen MR) is 266 cm³/mol. The Labute approximate surface area is 371 Å². The van der Waals surface area contributed by atoms with Crippen LogP contribution in [-0.4, -0.2) is 17.1 Å². The Kier molecular flexibility index (Phi) is 7.54. The molecule has 2 nitrogen and oxygen atoms in total. The van der Waals surface area contributed by atoms with Crippen LogP contribution in [0.1, 0.15) is 47.2 Å². The van der Waals surface area contributed by atoms with Crippen molar-refractivity contribution in [2.24, 2.45) is 0 Å². The van der Waals surface area contributed by atoms with E-state index in [2.05, 4.69) is 242 Å². The fourth-order valence-electron chi connectivity index (χ4n) is 12.0. The van der Waals surface area contributed by atoms with Crippen molar-refractivity contribution in [3.05, 3.63) is 240 Å². The van der Waals surface area contributed by atoms with Crippen molar-refractivity contribution in [1.29, 1.82) is 0 Å². The van der Waals surface area contributed by atoms with Crippen molar-refractivity contribution in [2.75, 3.05) is 17.4 Å². The zero-order chi connectivity index (χ0) is 42.2. The van der Waals surface area contributed by atoms with Crippen LogP contribution in [-0.2, 0) is 10.8 Å². The largest absolute Gasteiger partial charge is 0.310 e. The topological polar surface area (TPSA) is 8.17 Å². The van der Waals surface area contributed by atoms with E-state index in [1.54, 1.807) is 0 Å². The van der Waals surface area contributed by atoms with Gasteiger partial charge in [-0.25, -0.2) is 0 Å². The van der Waals surface area contributed by atoms with E-state index in [1.807, 2.05) is 0 Å². The molecule has 63 heavy (non-hydrogen) atoms. The molecule has 2 aliphatic heterocycles. The fraction of sp³-hybridized carbons (Fsp3) is 0.100. The summed E-state index contributed by atoms with van der Waals surface area (Å²) < 4.78 is 2.54. The molecular formula is C60H46N2S. The van der Waals surface area contributed by atoms with Gasteiger partial charge in [0.15, 0.2) is 0 Å². The number of hydrogen-bond acceptors (Lipinski definition) is 1. The van der Waals surface area contributed by atoms with Gasteiger partial charge in [0.1, 0.15) is 0 Å². The summed E-state index contributed by atoms with van der Waals surface area (Å²) in [5.74, 6) is 0. The second-order valence-corrected chi connectivity index (χ2v) is 21.9. The molecule has 1 unspecified atom stereocenters. The van der Waals surface area contributed by atoms with Crippen LogP contribution < -0.4 is 4.90 Å². The van der Waals surface area contributed by atoms with E-state index in [0.717, 1.165) is 17.1 Å². The number of rotatable bonds is 4. The number of hydrogen-bond donors (Lipinski definition) is 0. The first-order chi connectivity index (χ1) is 30.8. The molecule has 3 heterocycles. The molecule has 3 heteroatoms. The van der Waals surface area contributed by atoms with E-state index < -0.39 is 15.4 Å². The molecule has 1 spiro atoms. The second kappa shape index (κ2) is 13.0. The Balaban J connectivity index is 1.02. The van der Waals surface area contributed by atoms with Crippen LogP contribution in [0.4, 0.5) is 17.1 Å². The lowest BCUT2D eigenvalue weighted by atomic mass is 9.62. The van der Waals surface area contributed by atoms with E-state index in [0.29, 0.717) is 0 Å². The molecule has 0 N–H and O–H groups in total. The molecule has 10 aromatic rings. The van der Waals surface area contributed by atoms with Gasteiger partial charge < -0.3 is 9.47 Å². The highest BCUT2D eigenvalue weighted by Gasteiger charge is 2.52.